The maximum Gasteiger partial charge on any atom is 0.254 e. The van der Waals surface area contributed by atoms with Crippen LogP contribution in [0.2, 0.25) is 0 Å². The Bertz CT molecular complexity index is 1370. The van der Waals surface area contributed by atoms with Crippen LogP contribution in [-0.2, 0) is 13.1 Å². The number of carbonyl (C=O) groups is 1. The molecule has 4 aliphatic heterocycles. The molecule has 3 saturated heterocycles. The number of likely N-dealkylation sites (N-methyl/N-ethyl adjacent to an activating group) is 1. The van der Waals surface area contributed by atoms with Crippen LogP contribution < -0.4 is 10.1 Å². The predicted molar refractivity (Wildman–Crippen MR) is 151 cm³/mol. The standard InChI is InChI=1S/C31H38N6O2/c1-35-11-8-22(18-35)30-33-15-23-13-21(4-7-29(23)34-30)17-36-12-9-27(20-36)39-26-5-6-28-24(14-26)19-37(31(28)38)25-3-2-10-32-16-25/h4-7,13-15,22,25,27,32H,2-3,8-12,16-20H2,1H3/t22-,25?,27-/m0/s1. The van der Waals surface area contributed by atoms with E-state index in [1.807, 2.05) is 23.2 Å². The first-order valence-corrected chi connectivity index (χ1v) is 14.6. The molecule has 0 bridgehead atoms. The third kappa shape index (κ3) is 5.13. The zero-order valence-electron chi connectivity index (χ0n) is 22.8. The normalized spacial score (nSPS) is 26.0. The third-order valence-electron chi connectivity index (χ3n) is 8.98. The highest BCUT2D eigenvalue weighted by atomic mass is 16.5. The number of aromatic nitrogens is 2. The van der Waals surface area contributed by atoms with Gasteiger partial charge in [-0.25, -0.2) is 9.97 Å². The van der Waals surface area contributed by atoms with Crippen LogP contribution in [0.3, 0.4) is 0 Å². The summed E-state index contributed by atoms with van der Waals surface area (Å²) in [6, 6.07) is 12.9. The number of fused-ring (bicyclic) bond motifs is 2. The van der Waals surface area contributed by atoms with Crippen LogP contribution in [0, 0.1) is 0 Å². The van der Waals surface area contributed by atoms with Gasteiger partial charge in [0.05, 0.1) is 5.52 Å². The molecule has 0 radical (unpaired) electrons. The zero-order valence-corrected chi connectivity index (χ0v) is 22.8. The van der Waals surface area contributed by atoms with Crippen LogP contribution in [0.15, 0.2) is 42.6 Å². The van der Waals surface area contributed by atoms with Crippen molar-refractivity contribution in [2.45, 2.75) is 56.8 Å². The van der Waals surface area contributed by atoms with Crippen LogP contribution in [0.1, 0.15) is 58.9 Å². The topological polar surface area (TPSA) is 73.8 Å². The van der Waals surface area contributed by atoms with Gasteiger partial charge in [0, 0.05) is 68.4 Å². The lowest BCUT2D eigenvalue weighted by atomic mass is 10.1. The molecule has 1 N–H and O–H groups in total. The minimum Gasteiger partial charge on any atom is -0.489 e. The molecule has 5 heterocycles. The number of nitrogens with zero attached hydrogens (tertiary/aromatic N) is 5. The molecule has 4 aliphatic rings. The molecule has 39 heavy (non-hydrogen) atoms. The lowest BCUT2D eigenvalue weighted by Crippen LogP contribution is -2.46. The van der Waals surface area contributed by atoms with Gasteiger partial charge in [-0.1, -0.05) is 6.07 Å². The summed E-state index contributed by atoms with van der Waals surface area (Å²) in [5.41, 5.74) is 4.26. The first-order valence-electron chi connectivity index (χ1n) is 14.6. The Hall–Kier alpha value is -3.07. The van der Waals surface area contributed by atoms with Crippen molar-refractivity contribution in [3.05, 3.63) is 65.1 Å². The molecule has 1 unspecified atom stereocenters. The lowest BCUT2D eigenvalue weighted by molar-refractivity contribution is 0.0674. The first-order chi connectivity index (χ1) is 19.1. The van der Waals surface area contributed by atoms with Crippen LogP contribution in [-0.4, -0.2) is 89.0 Å². The minimum absolute atomic E-state index is 0.162. The SMILES string of the molecule is CN1CC[C@H](c2ncc3cc(CN4CC[C@H](Oc5ccc6c(c5)CN(C5CCCNC5)C6=O)C4)ccc3n2)C1. The van der Waals surface area contributed by atoms with Gasteiger partial charge in [0.2, 0.25) is 0 Å². The average Bonchev–Trinajstić information content (AvgIpc) is 3.68. The highest BCUT2D eigenvalue weighted by molar-refractivity contribution is 5.98. The van der Waals surface area contributed by atoms with E-state index in [4.69, 9.17) is 14.7 Å². The van der Waals surface area contributed by atoms with Crippen molar-refractivity contribution < 1.29 is 9.53 Å². The molecule has 8 heteroatoms. The third-order valence-corrected chi connectivity index (χ3v) is 8.98. The number of hydrogen-bond donors (Lipinski definition) is 1. The van der Waals surface area contributed by atoms with E-state index < -0.39 is 0 Å². The molecule has 3 aromatic rings. The molecule has 0 spiro atoms. The Morgan fingerprint density at radius 3 is 2.87 bits per heavy atom. The molecule has 3 fully saturated rings. The number of likely N-dealkylation sites (tertiary alicyclic amines) is 2. The molecule has 2 aromatic carbocycles. The molecule has 7 rings (SSSR count). The van der Waals surface area contributed by atoms with E-state index in [2.05, 4.69) is 46.4 Å². The fraction of sp³-hybridized carbons (Fsp3) is 0.516. The van der Waals surface area contributed by atoms with Crippen molar-refractivity contribution in [1.29, 1.82) is 0 Å². The molecule has 1 aromatic heterocycles. The number of carbonyl (C=O) groups excluding carboxylic acids is 1. The van der Waals surface area contributed by atoms with Crippen molar-refractivity contribution in [1.82, 2.24) is 30.0 Å². The molecule has 204 valence electrons. The van der Waals surface area contributed by atoms with Gasteiger partial charge in [0.25, 0.3) is 5.91 Å². The Balaban J connectivity index is 0.959. The quantitative estimate of drug-likeness (QED) is 0.528. The van der Waals surface area contributed by atoms with Crippen LogP contribution in [0.25, 0.3) is 10.9 Å². The monoisotopic (exact) mass is 526 g/mol. The number of benzene rings is 2. The van der Waals surface area contributed by atoms with Crippen molar-refractivity contribution in [2.75, 3.05) is 46.3 Å². The van der Waals surface area contributed by atoms with Gasteiger partial charge in [-0.15, -0.1) is 0 Å². The lowest BCUT2D eigenvalue weighted by Gasteiger charge is -2.31. The van der Waals surface area contributed by atoms with Crippen molar-refractivity contribution >= 4 is 16.8 Å². The summed E-state index contributed by atoms with van der Waals surface area (Å²) in [5.74, 6) is 2.47. The highest BCUT2D eigenvalue weighted by Crippen LogP contribution is 2.31. The number of amides is 1. The molecule has 0 aliphatic carbocycles. The summed E-state index contributed by atoms with van der Waals surface area (Å²) in [5, 5.41) is 4.54. The fourth-order valence-corrected chi connectivity index (χ4v) is 6.81. The molecular formula is C31H38N6O2. The van der Waals surface area contributed by atoms with Crippen molar-refractivity contribution in [2.24, 2.45) is 0 Å². The summed E-state index contributed by atoms with van der Waals surface area (Å²) in [6.45, 7) is 7.61. The second kappa shape index (κ2) is 10.5. The van der Waals surface area contributed by atoms with E-state index >= 15 is 0 Å². The maximum absolute atomic E-state index is 13.0. The Labute approximate surface area is 230 Å². The Morgan fingerprint density at radius 1 is 1.08 bits per heavy atom. The average molecular weight is 527 g/mol. The smallest absolute Gasteiger partial charge is 0.254 e. The minimum atomic E-state index is 0.162. The molecule has 3 atom stereocenters. The largest absolute Gasteiger partial charge is 0.489 e. The molecule has 0 saturated carbocycles. The summed E-state index contributed by atoms with van der Waals surface area (Å²) in [4.78, 5) is 29.4. The second-order valence-corrected chi connectivity index (χ2v) is 11.9. The molecule has 8 nitrogen and oxygen atoms in total. The van der Waals surface area contributed by atoms with E-state index in [9.17, 15) is 4.79 Å². The number of hydrogen-bond acceptors (Lipinski definition) is 7. The number of nitrogens with one attached hydrogen (secondary N) is 1. The highest BCUT2D eigenvalue weighted by Gasteiger charge is 2.34. The summed E-state index contributed by atoms with van der Waals surface area (Å²) in [6.07, 6.45) is 6.51. The van der Waals surface area contributed by atoms with E-state index in [1.54, 1.807) is 0 Å². The van der Waals surface area contributed by atoms with Gasteiger partial charge in [-0.05, 0) is 87.3 Å². The van der Waals surface area contributed by atoms with E-state index in [-0.39, 0.29) is 12.0 Å². The Kier molecular flexibility index (Phi) is 6.70. The van der Waals surface area contributed by atoms with Gasteiger partial charge >= 0.3 is 0 Å². The molecule has 1 amide bonds. The zero-order chi connectivity index (χ0) is 26.3. The van der Waals surface area contributed by atoms with E-state index in [1.165, 1.54) is 5.56 Å². The van der Waals surface area contributed by atoms with Gasteiger partial charge in [0.1, 0.15) is 17.7 Å². The van der Waals surface area contributed by atoms with Gasteiger partial charge in [0.15, 0.2) is 0 Å². The van der Waals surface area contributed by atoms with Gasteiger partial charge in [-0.2, -0.15) is 0 Å². The van der Waals surface area contributed by atoms with Crippen LogP contribution in [0.5, 0.6) is 5.75 Å². The van der Waals surface area contributed by atoms with E-state index in [0.717, 1.165) is 105 Å². The van der Waals surface area contributed by atoms with E-state index in [0.29, 0.717) is 18.5 Å². The number of rotatable bonds is 6. The number of piperidine rings is 1. The summed E-state index contributed by atoms with van der Waals surface area (Å²) in [7, 11) is 2.17. The fourth-order valence-electron chi connectivity index (χ4n) is 6.81. The predicted octanol–water partition coefficient (Wildman–Crippen LogP) is 3.41. The van der Waals surface area contributed by atoms with Gasteiger partial charge < -0.3 is 19.9 Å². The summed E-state index contributed by atoms with van der Waals surface area (Å²) < 4.78 is 6.42. The summed E-state index contributed by atoms with van der Waals surface area (Å²) >= 11 is 0. The van der Waals surface area contributed by atoms with Gasteiger partial charge in [-0.3, -0.25) is 9.69 Å². The Morgan fingerprint density at radius 2 is 2.03 bits per heavy atom. The van der Waals surface area contributed by atoms with Crippen LogP contribution >= 0.6 is 0 Å². The second-order valence-electron chi connectivity index (χ2n) is 11.9. The maximum atomic E-state index is 13.0. The van der Waals surface area contributed by atoms with Crippen LogP contribution in [0.4, 0.5) is 0 Å². The molecular weight excluding hydrogens is 488 g/mol. The first kappa shape index (κ1) is 24.9. The van der Waals surface area contributed by atoms with Crippen molar-refractivity contribution in [3.63, 3.8) is 0 Å². The van der Waals surface area contributed by atoms with Crippen molar-refractivity contribution in [3.8, 4) is 5.75 Å². The number of ether oxygens (including phenoxy) is 1.